The highest BCUT2D eigenvalue weighted by molar-refractivity contribution is 7.92. The first-order chi connectivity index (χ1) is 11.8. The molecule has 5 nitrogen and oxygen atoms in total. The van der Waals surface area contributed by atoms with Crippen molar-refractivity contribution in [1.82, 2.24) is 5.32 Å². The molecular weight excluding hydrogens is 360 g/mol. The molecule has 0 unspecified atom stereocenters. The molecule has 25 heavy (non-hydrogen) atoms. The third-order valence-electron chi connectivity index (χ3n) is 3.60. The van der Waals surface area contributed by atoms with Gasteiger partial charge in [-0.05, 0) is 43.7 Å². The zero-order chi connectivity index (χ0) is 18.4. The largest absolute Gasteiger partial charge is 0.352 e. The summed E-state index contributed by atoms with van der Waals surface area (Å²) < 4.78 is 27.7. The molecule has 0 aliphatic carbocycles. The van der Waals surface area contributed by atoms with Gasteiger partial charge in [-0.25, -0.2) is 8.42 Å². The summed E-state index contributed by atoms with van der Waals surface area (Å²) in [4.78, 5) is 12.0. The standard InChI is InChI=1S/C18H21ClN2O3S/c1-3-4-11-20-18(22)14-7-10-16(19)17(12-14)25(23,24)21-15-8-5-13(2)6-9-15/h5-10,12,21H,3-4,11H2,1-2H3,(H,20,22). The van der Waals surface area contributed by atoms with E-state index in [9.17, 15) is 13.2 Å². The van der Waals surface area contributed by atoms with Crippen LogP contribution in [0, 0.1) is 6.92 Å². The first kappa shape index (κ1) is 19.3. The van der Waals surface area contributed by atoms with Crippen molar-refractivity contribution in [3.63, 3.8) is 0 Å². The number of anilines is 1. The van der Waals surface area contributed by atoms with Crippen molar-refractivity contribution < 1.29 is 13.2 Å². The number of benzene rings is 2. The summed E-state index contributed by atoms with van der Waals surface area (Å²) in [6.07, 6.45) is 1.82. The second-order valence-electron chi connectivity index (χ2n) is 5.73. The van der Waals surface area contributed by atoms with Crippen LogP contribution in [0.1, 0.15) is 35.7 Å². The molecule has 0 aliphatic heterocycles. The topological polar surface area (TPSA) is 75.3 Å². The van der Waals surface area contributed by atoms with Crippen molar-refractivity contribution in [3.8, 4) is 0 Å². The minimum atomic E-state index is -3.90. The van der Waals surface area contributed by atoms with Gasteiger partial charge in [0.05, 0.1) is 5.02 Å². The number of rotatable bonds is 7. The SMILES string of the molecule is CCCCNC(=O)c1ccc(Cl)c(S(=O)(=O)Nc2ccc(C)cc2)c1. The summed E-state index contributed by atoms with van der Waals surface area (Å²) in [6.45, 7) is 4.48. The van der Waals surface area contributed by atoms with E-state index in [0.29, 0.717) is 12.2 Å². The minimum absolute atomic E-state index is 0.0599. The van der Waals surface area contributed by atoms with Gasteiger partial charge in [0.15, 0.2) is 0 Å². The van der Waals surface area contributed by atoms with Gasteiger partial charge in [-0.1, -0.05) is 42.6 Å². The summed E-state index contributed by atoms with van der Waals surface area (Å²) >= 11 is 6.05. The molecule has 2 aromatic carbocycles. The Morgan fingerprint density at radius 2 is 1.80 bits per heavy atom. The number of hydrogen-bond acceptors (Lipinski definition) is 3. The lowest BCUT2D eigenvalue weighted by atomic mass is 10.2. The van der Waals surface area contributed by atoms with Crippen LogP contribution in [0.4, 0.5) is 5.69 Å². The van der Waals surface area contributed by atoms with E-state index in [1.807, 2.05) is 13.8 Å². The molecule has 0 saturated carbocycles. The molecule has 0 saturated heterocycles. The maximum absolute atomic E-state index is 12.6. The highest BCUT2D eigenvalue weighted by Gasteiger charge is 2.20. The number of amides is 1. The summed E-state index contributed by atoms with van der Waals surface area (Å²) in [5.41, 5.74) is 1.70. The van der Waals surface area contributed by atoms with Crippen LogP contribution in [0.25, 0.3) is 0 Å². The number of halogens is 1. The van der Waals surface area contributed by atoms with Crippen molar-refractivity contribution in [2.75, 3.05) is 11.3 Å². The molecule has 0 radical (unpaired) electrons. The average molecular weight is 381 g/mol. The number of unbranched alkanes of at least 4 members (excludes halogenated alkanes) is 1. The van der Waals surface area contributed by atoms with E-state index in [-0.39, 0.29) is 21.4 Å². The maximum Gasteiger partial charge on any atom is 0.263 e. The quantitative estimate of drug-likeness (QED) is 0.713. The van der Waals surface area contributed by atoms with E-state index in [0.717, 1.165) is 18.4 Å². The van der Waals surface area contributed by atoms with Gasteiger partial charge in [-0.3, -0.25) is 9.52 Å². The Balaban J connectivity index is 2.26. The molecule has 0 aromatic heterocycles. The summed E-state index contributed by atoms with van der Waals surface area (Å²) in [5, 5.41) is 2.82. The van der Waals surface area contributed by atoms with Crippen molar-refractivity contribution in [2.24, 2.45) is 0 Å². The maximum atomic E-state index is 12.6. The van der Waals surface area contributed by atoms with Crippen molar-refractivity contribution in [1.29, 1.82) is 0 Å². The number of sulfonamides is 1. The molecule has 0 fully saturated rings. The molecule has 0 atom stereocenters. The first-order valence-electron chi connectivity index (χ1n) is 8.00. The predicted molar refractivity (Wildman–Crippen MR) is 101 cm³/mol. The second-order valence-corrected chi connectivity index (χ2v) is 7.78. The Kier molecular flexibility index (Phi) is 6.45. The minimum Gasteiger partial charge on any atom is -0.352 e. The van der Waals surface area contributed by atoms with E-state index in [1.165, 1.54) is 18.2 Å². The second kappa shape index (κ2) is 8.36. The monoisotopic (exact) mass is 380 g/mol. The summed E-state index contributed by atoms with van der Waals surface area (Å²) in [6, 6.07) is 11.2. The van der Waals surface area contributed by atoms with Gasteiger partial charge in [0.25, 0.3) is 15.9 Å². The molecular formula is C18H21ClN2O3S. The Morgan fingerprint density at radius 1 is 1.12 bits per heavy atom. The van der Waals surface area contributed by atoms with E-state index in [1.54, 1.807) is 24.3 Å². The summed E-state index contributed by atoms with van der Waals surface area (Å²) in [5.74, 6) is -0.322. The molecule has 2 N–H and O–H groups in total. The van der Waals surface area contributed by atoms with E-state index in [2.05, 4.69) is 10.0 Å². The smallest absolute Gasteiger partial charge is 0.263 e. The Morgan fingerprint density at radius 3 is 2.44 bits per heavy atom. The average Bonchev–Trinajstić information content (AvgIpc) is 2.57. The van der Waals surface area contributed by atoms with Gasteiger partial charge in [0.2, 0.25) is 0 Å². The third-order valence-corrected chi connectivity index (χ3v) is 5.47. The number of nitrogens with one attached hydrogen (secondary N) is 2. The number of carbonyl (C=O) groups excluding carboxylic acids is 1. The Labute approximate surface area is 153 Å². The van der Waals surface area contributed by atoms with E-state index >= 15 is 0 Å². The molecule has 2 aromatic rings. The van der Waals surface area contributed by atoms with E-state index < -0.39 is 10.0 Å². The fourth-order valence-corrected chi connectivity index (χ4v) is 3.75. The summed E-state index contributed by atoms with van der Waals surface area (Å²) in [7, 11) is -3.90. The highest BCUT2D eigenvalue weighted by Crippen LogP contribution is 2.25. The van der Waals surface area contributed by atoms with Gasteiger partial charge >= 0.3 is 0 Å². The van der Waals surface area contributed by atoms with Crippen LogP contribution in [-0.4, -0.2) is 20.9 Å². The molecule has 0 bridgehead atoms. The Hall–Kier alpha value is -2.05. The molecule has 7 heteroatoms. The van der Waals surface area contributed by atoms with Gasteiger partial charge in [0.1, 0.15) is 4.90 Å². The van der Waals surface area contributed by atoms with Gasteiger partial charge < -0.3 is 5.32 Å². The van der Waals surface area contributed by atoms with Crippen molar-refractivity contribution in [3.05, 3.63) is 58.6 Å². The van der Waals surface area contributed by atoms with Crippen molar-refractivity contribution in [2.45, 2.75) is 31.6 Å². The van der Waals surface area contributed by atoms with Gasteiger partial charge in [-0.2, -0.15) is 0 Å². The Bertz CT molecular complexity index is 849. The predicted octanol–water partition coefficient (Wildman–Crippen LogP) is 3.98. The van der Waals surface area contributed by atoms with Gasteiger partial charge in [0, 0.05) is 17.8 Å². The van der Waals surface area contributed by atoms with E-state index in [4.69, 9.17) is 11.6 Å². The van der Waals surface area contributed by atoms with Crippen molar-refractivity contribution >= 4 is 33.2 Å². The highest BCUT2D eigenvalue weighted by atomic mass is 35.5. The molecule has 0 aliphatic rings. The molecule has 134 valence electrons. The third kappa shape index (κ3) is 5.21. The number of carbonyl (C=O) groups is 1. The fraction of sp³-hybridized carbons (Fsp3) is 0.278. The lowest BCUT2D eigenvalue weighted by molar-refractivity contribution is 0.0953. The molecule has 0 spiro atoms. The lowest BCUT2D eigenvalue weighted by Crippen LogP contribution is -2.24. The molecule has 1 amide bonds. The van der Waals surface area contributed by atoms with Gasteiger partial charge in [-0.15, -0.1) is 0 Å². The zero-order valence-electron chi connectivity index (χ0n) is 14.2. The lowest BCUT2D eigenvalue weighted by Gasteiger charge is -2.11. The normalized spacial score (nSPS) is 11.2. The van der Waals surface area contributed by atoms with Crippen LogP contribution < -0.4 is 10.0 Å². The van der Waals surface area contributed by atoms with Crippen LogP contribution in [0.2, 0.25) is 5.02 Å². The van der Waals surface area contributed by atoms with Crippen LogP contribution in [0.15, 0.2) is 47.4 Å². The van der Waals surface area contributed by atoms with Crippen LogP contribution in [0.3, 0.4) is 0 Å². The van der Waals surface area contributed by atoms with Crippen LogP contribution in [-0.2, 0) is 10.0 Å². The molecule has 2 rings (SSSR count). The number of hydrogen-bond donors (Lipinski definition) is 2. The van der Waals surface area contributed by atoms with Crippen LogP contribution >= 0.6 is 11.6 Å². The first-order valence-corrected chi connectivity index (χ1v) is 9.87. The van der Waals surface area contributed by atoms with Crippen LogP contribution in [0.5, 0.6) is 0 Å². The fourth-order valence-electron chi connectivity index (χ4n) is 2.16. The number of aryl methyl sites for hydroxylation is 1. The molecule has 0 heterocycles. The zero-order valence-corrected chi connectivity index (χ0v) is 15.7.